The van der Waals surface area contributed by atoms with Gasteiger partial charge in [0.05, 0.1) is 5.41 Å². The van der Waals surface area contributed by atoms with Crippen molar-refractivity contribution < 1.29 is 14.7 Å². The zero-order valence-electron chi connectivity index (χ0n) is 13.6. The predicted octanol–water partition coefficient (Wildman–Crippen LogP) is 2.15. The fourth-order valence-electron chi connectivity index (χ4n) is 2.94. The molecule has 4 N–H and O–H groups in total. The minimum atomic E-state index is -0.787. The van der Waals surface area contributed by atoms with Gasteiger partial charge in [0, 0.05) is 13.0 Å². The van der Waals surface area contributed by atoms with Crippen LogP contribution in [-0.2, 0) is 9.59 Å². The number of carbonyl (C=O) groups excluding carboxylic acids is 1. The van der Waals surface area contributed by atoms with Crippen molar-refractivity contribution in [1.82, 2.24) is 5.32 Å². The zero-order chi connectivity index (χ0) is 16.1. The average molecular weight is 298 g/mol. The molecule has 0 aromatic heterocycles. The Labute approximate surface area is 127 Å². The average Bonchev–Trinajstić information content (AvgIpc) is 2.31. The molecule has 1 atom stereocenters. The van der Waals surface area contributed by atoms with Crippen molar-refractivity contribution in [3.05, 3.63) is 0 Å². The second-order valence-corrected chi connectivity index (χ2v) is 7.39. The largest absolute Gasteiger partial charge is 0.481 e. The molecule has 1 unspecified atom stereocenters. The van der Waals surface area contributed by atoms with E-state index in [4.69, 9.17) is 5.73 Å². The van der Waals surface area contributed by atoms with Gasteiger partial charge >= 0.3 is 5.97 Å². The van der Waals surface area contributed by atoms with Gasteiger partial charge in [0.15, 0.2) is 0 Å². The highest BCUT2D eigenvalue weighted by molar-refractivity contribution is 5.79. The van der Waals surface area contributed by atoms with Crippen LogP contribution in [0.3, 0.4) is 0 Å². The highest BCUT2D eigenvalue weighted by Gasteiger charge is 2.44. The molecule has 0 aromatic rings. The molecule has 0 radical (unpaired) electrons. The van der Waals surface area contributed by atoms with Crippen molar-refractivity contribution >= 4 is 11.9 Å². The van der Waals surface area contributed by atoms with E-state index in [1.165, 1.54) is 0 Å². The van der Waals surface area contributed by atoms with Crippen molar-refractivity contribution in [2.45, 2.75) is 59.3 Å². The van der Waals surface area contributed by atoms with E-state index in [-0.39, 0.29) is 17.9 Å². The van der Waals surface area contributed by atoms with E-state index in [0.717, 1.165) is 19.3 Å². The number of aliphatic carboxylic acids is 1. The number of nitrogens with one attached hydrogen (secondary N) is 1. The lowest BCUT2D eigenvalue weighted by atomic mass is 9.69. The number of carbonyl (C=O) groups is 2. The summed E-state index contributed by atoms with van der Waals surface area (Å²) in [6, 6.07) is 0. The summed E-state index contributed by atoms with van der Waals surface area (Å²) >= 11 is 0. The van der Waals surface area contributed by atoms with Crippen LogP contribution < -0.4 is 11.1 Å². The standard InChI is InChI=1S/C16H30N2O3/c1-15(2,3)12(7-10-17)5-6-13(19)18-11-16(14(20)21)8-4-9-16/h12H,4-11,17H2,1-3H3,(H,18,19)(H,20,21). The first-order valence-corrected chi connectivity index (χ1v) is 7.91. The lowest BCUT2D eigenvalue weighted by Crippen LogP contribution is -2.47. The number of nitrogens with two attached hydrogens (primary N) is 1. The number of carboxylic acid groups (broad SMARTS) is 1. The molecule has 1 amide bonds. The molecule has 5 nitrogen and oxygen atoms in total. The summed E-state index contributed by atoms with van der Waals surface area (Å²) in [6.07, 6.45) is 4.42. The minimum absolute atomic E-state index is 0.0474. The van der Waals surface area contributed by atoms with Crippen LogP contribution in [0.5, 0.6) is 0 Å². The van der Waals surface area contributed by atoms with Crippen LogP contribution >= 0.6 is 0 Å². The minimum Gasteiger partial charge on any atom is -0.481 e. The van der Waals surface area contributed by atoms with Crippen LogP contribution in [0.2, 0.25) is 0 Å². The summed E-state index contributed by atoms with van der Waals surface area (Å²) < 4.78 is 0. The smallest absolute Gasteiger partial charge is 0.311 e. The number of carboxylic acids is 1. The highest BCUT2D eigenvalue weighted by atomic mass is 16.4. The summed E-state index contributed by atoms with van der Waals surface area (Å²) in [5, 5.41) is 12.0. The number of hydrogen-bond donors (Lipinski definition) is 3. The van der Waals surface area contributed by atoms with Gasteiger partial charge in [-0.15, -0.1) is 0 Å². The molecule has 1 aliphatic rings. The molecule has 0 aromatic carbocycles. The second-order valence-electron chi connectivity index (χ2n) is 7.39. The van der Waals surface area contributed by atoms with Crippen molar-refractivity contribution in [3.63, 3.8) is 0 Å². The molecule has 0 heterocycles. The van der Waals surface area contributed by atoms with Gasteiger partial charge in [0.1, 0.15) is 0 Å². The van der Waals surface area contributed by atoms with Crippen molar-refractivity contribution in [2.75, 3.05) is 13.1 Å². The molecule has 1 aliphatic carbocycles. The summed E-state index contributed by atoms with van der Waals surface area (Å²) in [6.45, 7) is 7.39. The third-order valence-electron chi connectivity index (χ3n) is 4.85. The molecule has 21 heavy (non-hydrogen) atoms. The lowest BCUT2D eigenvalue weighted by Gasteiger charge is -2.37. The van der Waals surface area contributed by atoms with Crippen LogP contribution in [0.1, 0.15) is 59.3 Å². The molecule has 1 saturated carbocycles. The Morgan fingerprint density at radius 2 is 1.90 bits per heavy atom. The Balaban J connectivity index is 2.38. The SMILES string of the molecule is CC(C)(C)C(CCN)CCC(=O)NCC1(C(=O)O)CCC1. The normalized spacial score (nSPS) is 18.7. The van der Waals surface area contributed by atoms with E-state index < -0.39 is 11.4 Å². The van der Waals surface area contributed by atoms with Gasteiger partial charge in [-0.05, 0) is 43.6 Å². The van der Waals surface area contributed by atoms with Crippen LogP contribution in [0.4, 0.5) is 0 Å². The predicted molar refractivity (Wildman–Crippen MR) is 82.8 cm³/mol. The Hall–Kier alpha value is -1.10. The Morgan fingerprint density at radius 3 is 2.29 bits per heavy atom. The maximum atomic E-state index is 12.0. The van der Waals surface area contributed by atoms with Gasteiger partial charge in [-0.2, -0.15) is 0 Å². The number of hydrogen-bond acceptors (Lipinski definition) is 3. The Kier molecular flexibility index (Phi) is 6.20. The van der Waals surface area contributed by atoms with Crippen LogP contribution in [-0.4, -0.2) is 30.1 Å². The molecule has 1 rings (SSSR count). The Bertz CT molecular complexity index is 370. The number of rotatable bonds is 8. The van der Waals surface area contributed by atoms with Gasteiger partial charge in [0.2, 0.25) is 5.91 Å². The second kappa shape index (κ2) is 7.25. The maximum Gasteiger partial charge on any atom is 0.311 e. The van der Waals surface area contributed by atoms with E-state index in [2.05, 4.69) is 26.1 Å². The molecular formula is C16H30N2O3. The van der Waals surface area contributed by atoms with E-state index in [9.17, 15) is 14.7 Å². The summed E-state index contributed by atoms with van der Waals surface area (Å²) in [7, 11) is 0. The summed E-state index contributed by atoms with van der Waals surface area (Å²) in [4.78, 5) is 23.2. The lowest BCUT2D eigenvalue weighted by molar-refractivity contribution is -0.154. The first-order valence-electron chi connectivity index (χ1n) is 7.91. The van der Waals surface area contributed by atoms with E-state index >= 15 is 0 Å². The van der Waals surface area contributed by atoms with E-state index in [0.29, 0.717) is 31.7 Å². The van der Waals surface area contributed by atoms with Crippen molar-refractivity contribution in [3.8, 4) is 0 Å². The summed E-state index contributed by atoms with van der Waals surface area (Å²) in [5.41, 5.74) is 5.06. The molecule has 0 aliphatic heterocycles. The summed E-state index contributed by atoms with van der Waals surface area (Å²) in [5.74, 6) is -0.427. The Morgan fingerprint density at radius 1 is 1.29 bits per heavy atom. The van der Waals surface area contributed by atoms with E-state index in [1.807, 2.05) is 0 Å². The van der Waals surface area contributed by atoms with Crippen molar-refractivity contribution in [1.29, 1.82) is 0 Å². The maximum absolute atomic E-state index is 12.0. The third-order valence-corrected chi connectivity index (χ3v) is 4.85. The number of amides is 1. The molecule has 5 heteroatoms. The molecular weight excluding hydrogens is 268 g/mol. The quantitative estimate of drug-likeness (QED) is 0.640. The van der Waals surface area contributed by atoms with Gasteiger partial charge in [-0.1, -0.05) is 27.2 Å². The highest BCUT2D eigenvalue weighted by Crippen LogP contribution is 2.40. The molecule has 0 spiro atoms. The third kappa shape index (κ3) is 4.99. The first-order chi connectivity index (χ1) is 9.71. The van der Waals surface area contributed by atoms with E-state index in [1.54, 1.807) is 0 Å². The van der Waals surface area contributed by atoms with Gasteiger partial charge in [-0.3, -0.25) is 9.59 Å². The van der Waals surface area contributed by atoms with Gasteiger partial charge < -0.3 is 16.2 Å². The fraction of sp³-hybridized carbons (Fsp3) is 0.875. The van der Waals surface area contributed by atoms with Crippen LogP contribution in [0, 0.1) is 16.7 Å². The van der Waals surface area contributed by atoms with Gasteiger partial charge in [-0.25, -0.2) is 0 Å². The molecule has 1 fully saturated rings. The fourth-order valence-corrected chi connectivity index (χ4v) is 2.94. The topological polar surface area (TPSA) is 92.4 Å². The van der Waals surface area contributed by atoms with Crippen LogP contribution in [0.15, 0.2) is 0 Å². The first kappa shape index (κ1) is 18.0. The zero-order valence-corrected chi connectivity index (χ0v) is 13.6. The molecule has 0 saturated heterocycles. The molecule has 0 bridgehead atoms. The van der Waals surface area contributed by atoms with Crippen molar-refractivity contribution in [2.24, 2.45) is 22.5 Å². The van der Waals surface area contributed by atoms with Gasteiger partial charge in [0.25, 0.3) is 0 Å². The van der Waals surface area contributed by atoms with Crippen LogP contribution in [0.25, 0.3) is 0 Å². The monoisotopic (exact) mass is 298 g/mol. The molecule has 122 valence electrons.